The van der Waals surface area contributed by atoms with Gasteiger partial charge in [0.25, 0.3) is 0 Å². The molecule has 0 aliphatic carbocycles. The van der Waals surface area contributed by atoms with Crippen molar-refractivity contribution in [2.45, 2.75) is 19.3 Å². The van der Waals surface area contributed by atoms with Gasteiger partial charge in [-0.3, -0.25) is 4.55 Å². The van der Waals surface area contributed by atoms with Crippen molar-refractivity contribution in [3.63, 3.8) is 0 Å². The van der Waals surface area contributed by atoms with Crippen LogP contribution < -0.4 is 5.32 Å². The van der Waals surface area contributed by atoms with Crippen molar-refractivity contribution in [1.29, 1.82) is 0 Å². The Hall–Kier alpha value is -0.560. The summed E-state index contributed by atoms with van der Waals surface area (Å²) in [4.78, 5) is 0. The predicted octanol–water partition coefficient (Wildman–Crippen LogP) is 2.31. The molecule has 0 radical (unpaired) electrons. The largest absolute Gasteiger partial charge is 0.319 e. The summed E-state index contributed by atoms with van der Waals surface area (Å²) in [6.45, 7) is 3.51. The summed E-state index contributed by atoms with van der Waals surface area (Å²) < 4.78 is 29.6. The van der Waals surface area contributed by atoms with Crippen molar-refractivity contribution in [3.05, 3.63) is 35.9 Å². The van der Waals surface area contributed by atoms with Crippen molar-refractivity contribution in [1.82, 2.24) is 5.32 Å². The molecule has 0 amide bonds. The van der Waals surface area contributed by atoms with Gasteiger partial charge in [-0.05, 0) is 28.7 Å². The van der Waals surface area contributed by atoms with Crippen LogP contribution in [0.15, 0.2) is 30.3 Å². The fourth-order valence-corrected chi connectivity index (χ4v) is 3.04. The van der Waals surface area contributed by atoms with Crippen LogP contribution in [0.25, 0.3) is 0 Å². The van der Waals surface area contributed by atoms with Crippen molar-refractivity contribution in [3.8, 4) is 0 Å². The monoisotopic (exact) mass is 289 g/mol. The quantitative estimate of drug-likeness (QED) is 0.437. The van der Waals surface area contributed by atoms with E-state index in [0.29, 0.717) is 29.0 Å². The van der Waals surface area contributed by atoms with E-state index in [4.69, 9.17) is 4.55 Å². The Balaban J connectivity index is 2.29. The maximum absolute atomic E-state index is 10.5. The van der Waals surface area contributed by atoms with Crippen LogP contribution in [-0.2, 0) is 9.15 Å². The van der Waals surface area contributed by atoms with E-state index < -0.39 is 9.15 Å². The molecule has 0 aliphatic heterocycles. The summed E-state index contributed by atoms with van der Waals surface area (Å²) in [6, 6.07) is 10.2. The Morgan fingerprint density at radius 1 is 1.33 bits per heavy atom. The predicted molar refractivity (Wildman–Crippen MR) is 76.4 cm³/mol. The molecule has 2 N–H and O–H groups in total. The zero-order valence-corrected chi connectivity index (χ0v) is 12.0. The minimum absolute atomic E-state index is 0.351. The number of hydrogen-bond donors (Lipinski definition) is 2. The zero-order valence-electron chi connectivity index (χ0n) is 10.4. The van der Waals surface area contributed by atoms with E-state index >= 15 is 0 Å². The fourth-order valence-electron chi connectivity index (χ4n) is 1.72. The molecule has 0 fully saturated rings. The number of nitrogens with one attached hydrogen (secondary N) is 1. The second kappa shape index (κ2) is 7.78. The van der Waals surface area contributed by atoms with Crippen molar-refractivity contribution < 1.29 is 13.0 Å². The van der Waals surface area contributed by atoms with E-state index in [1.165, 1.54) is 5.56 Å². The molecular weight excluding hydrogens is 270 g/mol. The van der Waals surface area contributed by atoms with Gasteiger partial charge in [-0.2, -0.15) is 8.42 Å². The molecule has 1 aromatic rings. The summed E-state index contributed by atoms with van der Waals surface area (Å²) in [5, 5.41) is 3.21. The molecule has 6 heteroatoms. The first-order valence-corrected chi connectivity index (χ1v) is 8.84. The Bertz CT molecular complexity index is 434. The van der Waals surface area contributed by atoms with Gasteiger partial charge in [0.2, 0.25) is 0 Å². The Morgan fingerprint density at radius 2 is 2.00 bits per heavy atom. The van der Waals surface area contributed by atoms with Crippen LogP contribution in [0.3, 0.4) is 0 Å². The van der Waals surface area contributed by atoms with Gasteiger partial charge in [-0.25, -0.2) is 0 Å². The highest BCUT2D eigenvalue weighted by Gasteiger charge is 2.09. The molecule has 1 unspecified atom stereocenters. The molecule has 0 saturated heterocycles. The van der Waals surface area contributed by atoms with E-state index in [2.05, 4.69) is 24.4 Å². The molecule has 102 valence electrons. The highest BCUT2D eigenvalue weighted by atomic mass is 33.1. The third kappa shape index (κ3) is 6.39. The zero-order chi connectivity index (χ0) is 13.4. The second-order valence-electron chi connectivity index (χ2n) is 3.97. The average molecular weight is 289 g/mol. The third-order valence-electron chi connectivity index (χ3n) is 2.67. The summed E-state index contributed by atoms with van der Waals surface area (Å²) in [5.74, 6) is 0.784. The molecule has 0 spiro atoms. The Labute approximate surface area is 112 Å². The number of hydrogen-bond acceptors (Lipinski definition) is 4. The number of benzene rings is 1. The van der Waals surface area contributed by atoms with Gasteiger partial charge in [0.15, 0.2) is 0 Å². The summed E-state index contributed by atoms with van der Waals surface area (Å²) in [7, 11) is -3.35. The molecule has 0 aromatic heterocycles. The van der Waals surface area contributed by atoms with Crippen LogP contribution in [0.5, 0.6) is 0 Å². The topological polar surface area (TPSA) is 66.4 Å². The molecule has 4 nitrogen and oxygen atoms in total. The molecule has 0 bridgehead atoms. The molecule has 1 atom stereocenters. The maximum atomic E-state index is 10.5. The fraction of sp³-hybridized carbons (Fsp3) is 0.500. The number of rotatable bonds is 8. The maximum Gasteiger partial charge on any atom is 0.319 e. The lowest BCUT2D eigenvalue weighted by molar-refractivity contribution is 0.503. The first-order valence-electron chi connectivity index (χ1n) is 5.90. The highest BCUT2D eigenvalue weighted by Crippen LogP contribution is 2.17. The molecule has 0 heterocycles. The van der Waals surface area contributed by atoms with Crippen LogP contribution in [0.4, 0.5) is 0 Å². The van der Waals surface area contributed by atoms with Crippen LogP contribution in [0.1, 0.15) is 24.8 Å². The molecule has 1 aromatic carbocycles. The first-order chi connectivity index (χ1) is 8.53. The van der Waals surface area contributed by atoms with Gasteiger partial charge in [-0.1, -0.05) is 37.3 Å². The van der Waals surface area contributed by atoms with E-state index in [9.17, 15) is 8.42 Å². The van der Waals surface area contributed by atoms with Gasteiger partial charge in [0, 0.05) is 18.8 Å². The second-order valence-corrected chi connectivity index (χ2v) is 7.44. The van der Waals surface area contributed by atoms with Crippen LogP contribution >= 0.6 is 10.8 Å². The van der Waals surface area contributed by atoms with Crippen LogP contribution in [-0.4, -0.2) is 31.8 Å². The highest BCUT2D eigenvalue weighted by molar-refractivity contribution is 8.69. The minimum Gasteiger partial charge on any atom is -0.315 e. The normalized spacial score (nSPS) is 13.4. The molecule has 1 rings (SSSR count). The Morgan fingerprint density at radius 3 is 2.56 bits per heavy atom. The molecule has 18 heavy (non-hydrogen) atoms. The Kier molecular flexibility index (Phi) is 6.70. The smallest absolute Gasteiger partial charge is 0.315 e. The van der Waals surface area contributed by atoms with Crippen LogP contribution in [0, 0.1) is 0 Å². The molecular formula is C12H19NO3S2. The lowest BCUT2D eigenvalue weighted by atomic mass is 9.97. The van der Waals surface area contributed by atoms with Gasteiger partial charge < -0.3 is 5.32 Å². The van der Waals surface area contributed by atoms with Gasteiger partial charge >= 0.3 is 9.15 Å². The third-order valence-corrected chi connectivity index (χ3v) is 4.73. The van der Waals surface area contributed by atoms with E-state index in [1.807, 2.05) is 18.2 Å². The van der Waals surface area contributed by atoms with Gasteiger partial charge in [-0.15, -0.1) is 0 Å². The first kappa shape index (κ1) is 15.5. The molecule has 0 aliphatic rings. The standard InChI is InChI=1S/C12H19NO3S2/c1-2-11(12-6-4-3-5-7-12)10-13-8-9-17-18(14,15)16/h3-7,11,13H,2,8-10H2,1H3,(H,14,15,16). The lowest BCUT2D eigenvalue weighted by Crippen LogP contribution is -2.24. The summed E-state index contributed by atoms with van der Waals surface area (Å²) in [5.41, 5.74) is 1.29. The van der Waals surface area contributed by atoms with Gasteiger partial charge in [0.1, 0.15) is 0 Å². The summed E-state index contributed by atoms with van der Waals surface area (Å²) >= 11 is 0. The van der Waals surface area contributed by atoms with E-state index in [0.717, 1.165) is 13.0 Å². The van der Waals surface area contributed by atoms with E-state index in [1.54, 1.807) is 0 Å². The lowest BCUT2D eigenvalue weighted by Gasteiger charge is -2.15. The van der Waals surface area contributed by atoms with Gasteiger partial charge in [0.05, 0.1) is 0 Å². The minimum atomic E-state index is -3.91. The van der Waals surface area contributed by atoms with Crippen molar-refractivity contribution in [2.24, 2.45) is 0 Å². The van der Waals surface area contributed by atoms with Crippen molar-refractivity contribution >= 4 is 19.9 Å². The average Bonchev–Trinajstić information content (AvgIpc) is 2.33. The van der Waals surface area contributed by atoms with Crippen LogP contribution in [0.2, 0.25) is 0 Å². The summed E-state index contributed by atoms with van der Waals surface area (Å²) in [6.07, 6.45) is 1.03. The molecule has 0 saturated carbocycles. The van der Waals surface area contributed by atoms with E-state index in [-0.39, 0.29) is 0 Å². The SMILES string of the molecule is CCC(CNCCSS(=O)(=O)O)c1ccccc1. The van der Waals surface area contributed by atoms with Crippen molar-refractivity contribution in [2.75, 3.05) is 18.8 Å².